The molecular formula is C17H24N2O2. The Labute approximate surface area is 127 Å². The summed E-state index contributed by atoms with van der Waals surface area (Å²) in [5, 5.41) is 11.7. The zero-order valence-corrected chi connectivity index (χ0v) is 13.2. The van der Waals surface area contributed by atoms with Crippen LogP contribution in [-0.2, 0) is 0 Å². The van der Waals surface area contributed by atoms with E-state index in [-0.39, 0.29) is 17.9 Å². The zero-order chi connectivity index (χ0) is 15.9. The van der Waals surface area contributed by atoms with E-state index < -0.39 is 0 Å². The van der Waals surface area contributed by atoms with Crippen molar-refractivity contribution < 1.29 is 9.90 Å². The fourth-order valence-electron chi connectivity index (χ4n) is 1.50. The topological polar surface area (TPSA) is 62.2 Å². The number of carbonyl (C=O) groups excluding carboxylic acids is 1. The van der Waals surface area contributed by atoms with Crippen molar-refractivity contribution in [1.82, 2.24) is 10.3 Å². The number of amides is 1. The molecular weight excluding hydrogens is 264 g/mol. The molecule has 1 rings (SSSR count). The van der Waals surface area contributed by atoms with E-state index in [9.17, 15) is 4.79 Å². The van der Waals surface area contributed by atoms with Crippen LogP contribution < -0.4 is 5.32 Å². The second kappa shape index (κ2) is 7.80. The largest absolute Gasteiger partial charge is 0.395 e. The van der Waals surface area contributed by atoms with Crippen LogP contribution >= 0.6 is 0 Å². The van der Waals surface area contributed by atoms with E-state index >= 15 is 0 Å². The Hall–Kier alpha value is -1.86. The van der Waals surface area contributed by atoms with Gasteiger partial charge in [0.15, 0.2) is 0 Å². The minimum atomic E-state index is -0.211. The van der Waals surface area contributed by atoms with E-state index in [0.717, 1.165) is 0 Å². The maximum atomic E-state index is 12.3. The second-order valence-electron chi connectivity index (χ2n) is 6.00. The summed E-state index contributed by atoms with van der Waals surface area (Å²) in [6, 6.07) is 3.51. The molecule has 0 atom stereocenters. The Morgan fingerprint density at radius 3 is 2.81 bits per heavy atom. The first kappa shape index (κ1) is 17.2. The molecule has 0 spiro atoms. The maximum Gasteiger partial charge on any atom is 0.271 e. The summed E-state index contributed by atoms with van der Waals surface area (Å²) in [5.74, 6) is 5.95. The monoisotopic (exact) mass is 288 g/mol. The molecule has 0 unspecified atom stereocenters. The smallest absolute Gasteiger partial charge is 0.271 e. The molecule has 0 radical (unpaired) electrons. The number of aliphatic hydroxyl groups is 1. The third-order valence-corrected chi connectivity index (χ3v) is 3.75. The lowest BCUT2D eigenvalue weighted by Crippen LogP contribution is -2.37. The zero-order valence-electron chi connectivity index (χ0n) is 13.2. The van der Waals surface area contributed by atoms with E-state index in [2.05, 4.69) is 49.8 Å². The number of aliphatic hydroxyl groups excluding tert-OH is 1. The first-order valence-electron chi connectivity index (χ1n) is 7.21. The number of rotatable bonds is 5. The molecule has 0 aliphatic carbocycles. The van der Waals surface area contributed by atoms with Crippen LogP contribution in [-0.4, -0.2) is 29.1 Å². The number of nitrogens with one attached hydrogen (secondary N) is 1. The molecule has 0 bridgehead atoms. The van der Waals surface area contributed by atoms with Gasteiger partial charge >= 0.3 is 0 Å². The lowest BCUT2D eigenvalue weighted by Gasteiger charge is -2.29. The highest BCUT2D eigenvalue weighted by molar-refractivity contribution is 5.94. The van der Waals surface area contributed by atoms with Crippen molar-refractivity contribution in [1.29, 1.82) is 0 Å². The summed E-state index contributed by atoms with van der Waals surface area (Å²) < 4.78 is 0. The van der Waals surface area contributed by atoms with Crippen LogP contribution in [0, 0.1) is 23.2 Å². The normalized spacial score (nSPS) is 11.0. The van der Waals surface area contributed by atoms with E-state index in [1.807, 2.05) is 0 Å². The van der Waals surface area contributed by atoms with Crippen molar-refractivity contribution >= 4 is 5.91 Å². The molecule has 0 aliphatic rings. The van der Waals surface area contributed by atoms with E-state index in [4.69, 9.17) is 5.11 Å². The van der Waals surface area contributed by atoms with Gasteiger partial charge in [0.05, 0.1) is 12.2 Å². The molecule has 1 amide bonds. The van der Waals surface area contributed by atoms with Gasteiger partial charge in [0, 0.05) is 19.2 Å². The Kier molecular flexibility index (Phi) is 6.39. The van der Waals surface area contributed by atoms with Crippen molar-refractivity contribution in [3.63, 3.8) is 0 Å². The Bertz CT molecular complexity index is 539. The average molecular weight is 288 g/mol. The van der Waals surface area contributed by atoms with Gasteiger partial charge in [0.1, 0.15) is 5.69 Å². The van der Waals surface area contributed by atoms with Crippen molar-refractivity contribution in [2.75, 3.05) is 13.2 Å². The summed E-state index contributed by atoms with van der Waals surface area (Å²) >= 11 is 0. The quantitative estimate of drug-likeness (QED) is 0.817. The standard InChI is InChI=1S/C17H24N2O2/c1-13(2)17(3,4)12-19-16(21)15-14(8-5-6-11-20)9-7-10-18-15/h7,9-10,13,20H,6,11-12H2,1-4H3,(H,19,21). The van der Waals surface area contributed by atoms with Crippen molar-refractivity contribution in [3.8, 4) is 11.8 Å². The molecule has 4 heteroatoms. The van der Waals surface area contributed by atoms with Crippen molar-refractivity contribution in [2.45, 2.75) is 34.1 Å². The highest BCUT2D eigenvalue weighted by Gasteiger charge is 2.23. The average Bonchev–Trinajstić information content (AvgIpc) is 2.45. The van der Waals surface area contributed by atoms with Gasteiger partial charge in [-0.3, -0.25) is 4.79 Å². The molecule has 114 valence electrons. The molecule has 0 aliphatic heterocycles. The molecule has 2 N–H and O–H groups in total. The van der Waals surface area contributed by atoms with E-state index in [1.54, 1.807) is 18.3 Å². The fourth-order valence-corrected chi connectivity index (χ4v) is 1.50. The van der Waals surface area contributed by atoms with Crippen molar-refractivity contribution in [2.24, 2.45) is 11.3 Å². The molecule has 0 aromatic carbocycles. The predicted molar refractivity (Wildman–Crippen MR) is 83.8 cm³/mol. The summed E-state index contributed by atoms with van der Waals surface area (Å²) in [6.07, 6.45) is 1.97. The Morgan fingerprint density at radius 1 is 1.48 bits per heavy atom. The number of carbonyl (C=O) groups is 1. The van der Waals surface area contributed by atoms with Gasteiger partial charge < -0.3 is 10.4 Å². The summed E-state index contributed by atoms with van der Waals surface area (Å²) in [5.41, 5.74) is 0.945. The van der Waals surface area contributed by atoms with Gasteiger partial charge in [-0.25, -0.2) is 4.98 Å². The first-order valence-corrected chi connectivity index (χ1v) is 7.21. The van der Waals surface area contributed by atoms with Crippen LogP contribution in [0.5, 0.6) is 0 Å². The fraction of sp³-hybridized carbons (Fsp3) is 0.529. The van der Waals surface area contributed by atoms with Gasteiger partial charge in [0.25, 0.3) is 5.91 Å². The maximum absolute atomic E-state index is 12.3. The number of aromatic nitrogens is 1. The highest BCUT2D eigenvalue weighted by atomic mass is 16.2. The SMILES string of the molecule is CC(C)C(C)(C)CNC(=O)c1ncccc1C#CCCO. The summed E-state index contributed by atoms with van der Waals surface area (Å²) in [4.78, 5) is 16.4. The lowest BCUT2D eigenvalue weighted by atomic mass is 9.81. The van der Waals surface area contributed by atoms with Gasteiger partial charge in [0.2, 0.25) is 0 Å². The highest BCUT2D eigenvalue weighted by Crippen LogP contribution is 2.24. The number of hydrogen-bond donors (Lipinski definition) is 2. The number of nitrogens with zero attached hydrogens (tertiary/aromatic N) is 1. The molecule has 21 heavy (non-hydrogen) atoms. The van der Waals surface area contributed by atoms with Crippen LogP contribution in [0.1, 0.15) is 50.2 Å². The molecule has 0 saturated heterocycles. The van der Waals surface area contributed by atoms with Crippen LogP contribution in [0.15, 0.2) is 18.3 Å². The minimum absolute atomic E-state index is 0.0113. The number of pyridine rings is 1. The molecule has 1 aromatic rings. The molecule has 1 heterocycles. The number of hydrogen-bond acceptors (Lipinski definition) is 3. The predicted octanol–water partition coefficient (Wildman–Crippen LogP) is 2.23. The Balaban J connectivity index is 2.82. The van der Waals surface area contributed by atoms with Gasteiger partial charge in [-0.15, -0.1) is 0 Å². The second-order valence-corrected chi connectivity index (χ2v) is 6.00. The molecule has 0 fully saturated rings. The van der Waals surface area contributed by atoms with Crippen molar-refractivity contribution in [3.05, 3.63) is 29.6 Å². The summed E-state index contributed by atoms with van der Waals surface area (Å²) in [7, 11) is 0. The van der Waals surface area contributed by atoms with Gasteiger partial charge in [-0.05, 0) is 23.5 Å². The van der Waals surface area contributed by atoms with E-state index in [1.165, 1.54) is 0 Å². The van der Waals surface area contributed by atoms with Gasteiger partial charge in [-0.2, -0.15) is 0 Å². The van der Waals surface area contributed by atoms with E-state index in [0.29, 0.717) is 30.1 Å². The van der Waals surface area contributed by atoms with Crippen LogP contribution in [0.4, 0.5) is 0 Å². The van der Waals surface area contributed by atoms with Crippen LogP contribution in [0.3, 0.4) is 0 Å². The van der Waals surface area contributed by atoms with Crippen LogP contribution in [0.25, 0.3) is 0 Å². The third kappa shape index (κ3) is 5.20. The summed E-state index contributed by atoms with van der Waals surface area (Å²) in [6.45, 7) is 9.12. The molecule has 1 aromatic heterocycles. The minimum Gasteiger partial charge on any atom is -0.395 e. The molecule has 0 saturated carbocycles. The first-order chi connectivity index (χ1) is 9.88. The molecule has 4 nitrogen and oxygen atoms in total. The van der Waals surface area contributed by atoms with Gasteiger partial charge in [-0.1, -0.05) is 39.5 Å². The Morgan fingerprint density at radius 2 is 2.19 bits per heavy atom. The lowest BCUT2D eigenvalue weighted by molar-refractivity contribution is 0.0919. The van der Waals surface area contributed by atoms with Crippen LogP contribution in [0.2, 0.25) is 0 Å². The third-order valence-electron chi connectivity index (χ3n) is 3.75.